The van der Waals surface area contributed by atoms with Gasteiger partial charge in [-0.15, -0.1) is 0 Å². The van der Waals surface area contributed by atoms with E-state index in [0.717, 1.165) is 12.8 Å². The van der Waals surface area contributed by atoms with Gasteiger partial charge >= 0.3 is 0 Å². The Bertz CT molecular complexity index is 1330. The summed E-state index contributed by atoms with van der Waals surface area (Å²) in [5, 5.41) is 9.93. The first kappa shape index (κ1) is 19.8. The molecule has 32 heavy (non-hydrogen) atoms. The molecular weight excluding hydrogens is 408 g/mol. The molecule has 0 unspecified atom stereocenters. The minimum atomic E-state index is -0.228. The van der Waals surface area contributed by atoms with Gasteiger partial charge < -0.3 is 19.8 Å². The third kappa shape index (κ3) is 4.18. The van der Waals surface area contributed by atoms with E-state index in [1.165, 1.54) is 0 Å². The maximum atomic E-state index is 12.5. The van der Waals surface area contributed by atoms with Crippen molar-refractivity contribution < 1.29 is 14.3 Å². The Kier molecular flexibility index (Phi) is 4.85. The summed E-state index contributed by atoms with van der Waals surface area (Å²) < 4.78 is 9.39. The zero-order valence-electron chi connectivity index (χ0n) is 17.7. The van der Waals surface area contributed by atoms with Crippen LogP contribution in [-0.2, 0) is 11.8 Å². The summed E-state index contributed by atoms with van der Waals surface area (Å²) in [7, 11) is 1.78. The number of nitrogens with one attached hydrogen (secondary N) is 2. The Morgan fingerprint density at radius 1 is 1.06 bits per heavy atom. The molecule has 0 spiro atoms. The number of rotatable bonds is 6. The van der Waals surface area contributed by atoms with Crippen LogP contribution in [-0.4, -0.2) is 31.0 Å². The predicted octanol–water partition coefficient (Wildman–Crippen LogP) is 3.77. The number of hydrogen-bond acceptors (Lipinski definition) is 5. The molecule has 0 aliphatic heterocycles. The van der Waals surface area contributed by atoms with Gasteiger partial charge in [-0.25, -0.2) is 4.98 Å². The second-order valence-corrected chi connectivity index (χ2v) is 7.91. The molecule has 162 valence electrons. The normalized spacial score (nSPS) is 13.2. The van der Waals surface area contributed by atoms with E-state index in [0.29, 0.717) is 39.9 Å². The van der Waals surface area contributed by atoms with Crippen LogP contribution in [0.25, 0.3) is 5.65 Å². The molecule has 1 aromatic carbocycles. The lowest BCUT2D eigenvalue weighted by Crippen LogP contribution is -2.13. The van der Waals surface area contributed by atoms with Gasteiger partial charge in [-0.2, -0.15) is 5.10 Å². The SMILES string of the molecule is Cc1nn(C)cc1C(=O)Nc1cccc(Oc2ccc3nc(NC(=O)C4CC4)cn3c2)c1. The zero-order chi connectivity index (χ0) is 22.2. The summed E-state index contributed by atoms with van der Waals surface area (Å²) in [6.45, 7) is 1.80. The van der Waals surface area contributed by atoms with Crippen molar-refractivity contribution in [1.82, 2.24) is 19.2 Å². The molecule has 3 aromatic heterocycles. The lowest BCUT2D eigenvalue weighted by Gasteiger charge is -2.09. The highest BCUT2D eigenvalue weighted by atomic mass is 16.5. The number of amides is 2. The van der Waals surface area contributed by atoms with Crippen molar-refractivity contribution in [2.24, 2.45) is 13.0 Å². The summed E-state index contributed by atoms with van der Waals surface area (Å²) in [5.74, 6) is 1.61. The highest BCUT2D eigenvalue weighted by molar-refractivity contribution is 6.05. The molecule has 9 nitrogen and oxygen atoms in total. The highest BCUT2D eigenvalue weighted by Gasteiger charge is 2.30. The number of benzene rings is 1. The molecule has 5 rings (SSSR count). The maximum absolute atomic E-state index is 12.5. The number of anilines is 2. The van der Waals surface area contributed by atoms with Gasteiger partial charge in [0.15, 0.2) is 5.82 Å². The number of carbonyl (C=O) groups excluding carboxylic acids is 2. The van der Waals surface area contributed by atoms with Crippen LogP contribution in [0.4, 0.5) is 11.5 Å². The zero-order valence-corrected chi connectivity index (χ0v) is 17.7. The molecule has 2 N–H and O–H groups in total. The van der Waals surface area contributed by atoms with E-state index in [1.54, 1.807) is 59.8 Å². The molecule has 9 heteroatoms. The van der Waals surface area contributed by atoms with Crippen LogP contribution >= 0.6 is 0 Å². The largest absolute Gasteiger partial charge is 0.456 e. The smallest absolute Gasteiger partial charge is 0.259 e. The molecule has 0 saturated heterocycles. The van der Waals surface area contributed by atoms with Gasteiger partial charge in [0.05, 0.1) is 23.7 Å². The molecule has 2 amide bonds. The Morgan fingerprint density at radius 3 is 2.66 bits per heavy atom. The summed E-state index contributed by atoms with van der Waals surface area (Å²) >= 11 is 0. The van der Waals surface area contributed by atoms with E-state index in [4.69, 9.17) is 4.74 Å². The number of hydrogen-bond donors (Lipinski definition) is 2. The van der Waals surface area contributed by atoms with Gasteiger partial charge in [0, 0.05) is 30.9 Å². The van der Waals surface area contributed by atoms with Crippen molar-refractivity contribution in [2.75, 3.05) is 10.6 Å². The number of pyridine rings is 1. The first-order valence-electron chi connectivity index (χ1n) is 10.3. The molecule has 1 aliphatic carbocycles. The average molecular weight is 430 g/mol. The lowest BCUT2D eigenvalue weighted by atomic mass is 10.2. The fraction of sp³-hybridized carbons (Fsp3) is 0.217. The topological polar surface area (TPSA) is 103 Å². The molecule has 1 aliphatic rings. The van der Waals surface area contributed by atoms with E-state index >= 15 is 0 Å². The Hall–Kier alpha value is -4.14. The fourth-order valence-electron chi connectivity index (χ4n) is 3.46. The van der Waals surface area contributed by atoms with E-state index in [9.17, 15) is 9.59 Å². The van der Waals surface area contributed by atoms with E-state index in [1.807, 2.05) is 18.2 Å². The summed E-state index contributed by atoms with van der Waals surface area (Å²) in [6.07, 6.45) is 7.12. The minimum Gasteiger partial charge on any atom is -0.456 e. The number of nitrogens with zero attached hydrogens (tertiary/aromatic N) is 4. The Morgan fingerprint density at radius 2 is 1.91 bits per heavy atom. The number of aryl methyl sites for hydroxylation is 2. The van der Waals surface area contributed by atoms with Crippen LogP contribution in [0.2, 0.25) is 0 Å². The average Bonchev–Trinajstić information content (AvgIpc) is 3.44. The molecule has 0 atom stereocenters. The quantitative estimate of drug-likeness (QED) is 0.485. The van der Waals surface area contributed by atoms with Gasteiger partial charge in [-0.05, 0) is 44.0 Å². The van der Waals surface area contributed by atoms with Crippen molar-refractivity contribution in [1.29, 1.82) is 0 Å². The van der Waals surface area contributed by atoms with Crippen molar-refractivity contribution in [3.05, 3.63) is 66.2 Å². The minimum absolute atomic E-state index is 0.0187. The molecular formula is C23H22N6O3. The second kappa shape index (κ2) is 7.84. The van der Waals surface area contributed by atoms with Gasteiger partial charge in [-0.1, -0.05) is 6.07 Å². The molecule has 1 saturated carbocycles. The van der Waals surface area contributed by atoms with Gasteiger partial charge in [-0.3, -0.25) is 14.3 Å². The molecule has 0 radical (unpaired) electrons. The van der Waals surface area contributed by atoms with Crippen LogP contribution in [0.1, 0.15) is 28.9 Å². The standard InChI is InChI=1S/C23H22N6O3/c1-14-19(12-28(2)27-14)23(31)24-16-4-3-5-17(10-16)32-18-8-9-21-25-20(13-29(21)11-18)26-22(30)15-6-7-15/h3-5,8-13,15H,6-7H2,1-2H3,(H,24,31)(H,26,30). The first-order valence-corrected chi connectivity index (χ1v) is 10.3. The lowest BCUT2D eigenvalue weighted by molar-refractivity contribution is -0.117. The summed E-state index contributed by atoms with van der Waals surface area (Å²) in [5.41, 5.74) is 2.51. The van der Waals surface area contributed by atoms with Gasteiger partial charge in [0.1, 0.15) is 17.1 Å². The second-order valence-electron chi connectivity index (χ2n) is 7.91. The van der Waals surface area contributed by atoms with E-state index < -0.39 is 0 Å². The number of ether oxygens (including phenoxy) is 1. The molecule has 1 fully saturated rings. The molecule has 4 aromatic rings. The van der Waals surface area contributed by atoms with Crippen LogP contribution < -0.4 is 15.4 Å². The van der Waals surface area contributed by atoms with E-state index in [2.05, 4.69) is 20.7 Å². The van der Waals surface area contributed by atoms with Crippen molar-refractivity contribution in [3.8, 4) is 11.5 Å². The van der Waals surface area contributed by atoms with Crippen LogP contribution in [0.5, 0.6) is 11.5 Å². The number of aromatic nitrogens is 4. The Labute approximate surface area is 184 Å². The number of carbonyl (C=O) groups is 2. The van der Waals surface area contributed by atoms with Crippen molar-refractivity contribution in [3.63, 3.8) is 0 Å². The number of imidazole rings is 1. The number of fused-ring (bicyclic) bond motifs is 1. The maximum Gasteiger partial charge on any atom is 0.259 e. The van der Waals surface area contributed by atoms with Crippen LogP contribution in [0.15, 0.2) is 55.0 Å². The fourth-order valence-corrected chi connectivity index (χ4v) is 3.46. The predicted molar refractivity (Wildman–Crippen MR) is 119 cm³/mol. The van der Waals surface area contributed by atoms with Crippen molar-refractivity contribution >= 4 is 29.0 Å². The molecule has 3 heterocycles. The van der Waals surface area contributed by atoms with Gasteiger partial charge in [0.25, 0.3) is 5.91 Å². The summed E-state index contributed by atoms with van der Waals surface area (Å²) in [4.78, 5) is 28.9. The third-order valence-corrected chi connectivity index (χ3v) is 5.21. The Balaban J connectivity index is 1.29. The summed E-state index contributed by atoms with van der Waals surface area (Å²) in [6, 6.07) is 10.8. The third-order valence-electron chi connectivity index (χ3n) is 5.21. The molecule has 0 bridgehead atoms. The van der Waals surface area contributed by atoms with E-state index in [-0.39, 0.29) is 17.7 Å². The first-order chi connectivity index (χ1) is 15.4. The van der Waals surface area contributed by atoms with Crippen LogP contribution in [0, 0.1) is 12.8 Å². The van der Waals surface area contributed by atoms with Crippen LogP contribution in [0.3, 0.4) is 0 Å². The van der Waals surface area contributed by atoms with Gasteiger partial charge in [0.2, 0.25) is 5.91 Å². The monoisotopic (exact) mass is 430 g/mol. The highest BCUT2D eigenvalue weighted by Crippen LogP contribution is 2.30. The van der Waals surface area contributed by atoms with Crippen molar-refractivity contribution in [2.45, 2.75) is 19.8 Å².